The summed E-state index contributed by atoms with van der Waals surface area (Å²) >= 11 is 0. The van der Waals surface area contributed by atoms with Crippen molar-refractivity contribution >= 4 is 17.3 Å². The van der Waals surface area contributed by atoms with Crippen molar-refractivity contribution in [2.24, 2.45) is 5.92 Å². The summed E-state index contributed by atoms with van der Waals surface area (Å²) in [7, 11) is 0. The first kappa shape index (κ1) is 14.8. The monoisotopic (exact) mass is 278 g/mol. The number of halogens is 1. The number of hydrogen-bond donors (Lipinski definition) is 2. The molecule has 110 valence electrons. The van der Waals surface area contributed by atoms with Gasteiger partial charge in [-0.1, -0.05) is 13.8 Å². The van der Waals surface area contributed by atoms with Gasteiger partial charge in [0, 0.05) is 18.2 Å². The van der Waals surface area contributed by atoms with Gasteiger partial charge < -0.3 is 10.6 Å². The van der Waals surface area contributed by atoms with Crippen LogP contribution in [0.3, 0.4) is 0 Å². The summed E-state index contributed by atoms with van der Waals surface area (Å²) in [6, 6.07) is 3.46. The molecule has 1 aliphatic rings. The van der Waals surface area contributed by atoms with E-state index in [9.17, 15) is 9.18 Å². The van der Waals surface area contributed by atoms with Crippen molar-refractivity contribution in [1.29, 1.82) is 0 Å². The summed E-state index contributed by atoms with van der Waals surface area (Å²) in [5, 5.41) is 6.01. The highest BCUT2D eigenvalue weighted by atomic mass is 19.1. The van der Waals surface area contributed by atoms with Gasteiger partial charge in [0.2, 0.25) is 5.91 Å². The average molecular weight is 278 g/mol. The Balaban J connectivity index is 2.08. The number of amides is 1. The molecular formula is C16H23FN2O. The summed E-state index contributed by atoms with van der Waals surface area (Å²) in [5.41, 5.74) is 2.09. The molecule has 0 fully saturated rings. The lowest BCUT2D eigenvalue weighted by molar-refractivity contribution is -0.116. The third kappa shape index (κ3) is 3.71. The first-order valence-corrected chi connectivity index (χ1v) is 7.34. The number of aryl methyl sites for hydroxylation is 1. The number of rotatable bonds is 5. The van der Waals surface area contributed by atoms with Crippen molar-refractivity contribution in [2.45, 2.75) is 52.5 Å². The lowest BCUT2D eigenvalue weighted by Gasteiger charge is -2.21. The Kier molecular flexibility index (Phi) is 4.63. The van der Waals surface area contributed by atoms with Crippen molar-refractivity contribution in [3.63, 3.8) is 0 Å². The zero-order chi connectivity index (χ0) is 14.7. The Bertz CT molecular complexity index is 499. The van der Waals surface area contributed by atoms with Crippen molar-refractivity contribution < 1.29 is 9.18 Å². The van der Waals surface area contributed by atoms with Crippen molar-refractivity contribution in [1.82, 2.24) is 0 Å². The molecule has 0 saturated heterocycles. The van der Waals surface area contributed by atoms with Crippen LogP contribution in [0.1, 0.15) is 45.6 Å². The van der Waals surface area contributed by atoms with E-state index in [0.717, 1.165) is 24.1 Å². The average Bonchev–Trinajstić information content (AvgIpc) is 2.38. The van der Waals surface area contributed by atoms with E-state index in [4.69, 9.17) is 0 Å². The molecule has 2 rings (SSSR count). The van der Waals surface area contributed by atoms with Crippen LogP contribution in [0.15, 0.2) is 12.1 Å². The van der Waals surface area contributed by atoms with Crippen LogP contribution < -0.4 is 10.6 Å². The standard InChI is InChI=1S/C16H23FN2O/c1-10(2)4-5-11(3)18-15-9-14-12(8-13(15)17)6-7-16(20)19-14/h8-11,18H,4-7H2,1-3H3,(H,19,20). The zero-order valence-corrected chi connectivity index (χ0v) is 12.4. The van der Waals surface area contributed by atoms with E-state index in [1.54, 1.807) is 6.07 Å². The van der Waals surface area contributed by atoms with Crippen molar-refractivity contribution in [3.05, 3.63) is 23.5 Å². The number of nitrogens with one attached hydrogen (secondary N) is 2. The lowest BCUT2D eigenvalue weighted by atomic mass is 10.0. The minimum Gasteiger partial charge on any atom is -0.380 e. The highest BCUT2D eigenvalue weighted by molar-refractivity contribution is 5.94. The third-order valence-corrected chi connectivity index (χ3v) is 3.67. The van der Waals surface area contributed by atoms with Crippen LogP contribution in [0.25, 0.3) is 0 Å². The molecule has 1 aromatic rings. The smallest absolute Gasteiger partial charge is 0.224 e. The Morgan fingerprint density at radius 1 is 1.25 bits per heavy atom. The van der Waals surface area contributed by atoms with Gasteiger partial charge in [-0.25, -0.2) is 4.39 Å². The SMILES string of the molecule is CC(C)CCC(C)Nc1cc2c(cc1F)CCC(=O)N2. The minimum atomic E-state index is -0.240. The molecule has 0 aliphatic carbocycles. The van der Waals surface area contributed by atoms with Gasteiger partial charge >= 0.3 is 0 Å². The Morgan fingerprint density at radius 2 is 2.00 bits per heavy atom. The van der Waals surface area contributed by atoms with Crippen LogP contribution in [0, 0.1) is 11.7 Å². The Morgan fingerprint density at radius 3 is 2.70 bits per heavy atom. The molecule has 3 nitrogen and oxygen atoms in total. The van der Waals surface area contributed by atoms with Gasteiger partial charge in [0.05, 0.1) is 5.69 Å². The Hall–Kier alpha value is -1.58. The summed E-state index contributed by atoms with van der Waals surface area (Å²) in [6.07, 6.45) is 3.16. The van der Waals surface area contributed by atoms with Gasteiger partial charge in [-0.2, -0.15) is 0 Å². The number of hydrogen-bond acceptors (Lipinski definition) is 2. The molecule has 1 heterocycles. The van der Waals surface area contributed by atoms with Gasteiger partial charge in [-0.15, -0.1) is 0 Å². The maximum atomic E-state index is 14.1. The first-order chi connectivity index (χ1) is 9.45. The van der Waals surface area contributed by atoms with E-state index in [2.05, 4.69) is 31.4 Å². The van der Waals surface area contributed by atoms with Gasteiger partial charge in [-0.3, -0.25) is 4.79 Å². The van der Waals surface area contributed by atoms with Crippen LogP contribution in [-0.2, 0) is 11.2 Å². The number of carbonyl (C=O) groups excluding carboxylic acids is 1. The third-order valence-electron chi connectivity index (χ3n) is 3.67. The quantitative estimate of drug-likeness (QED) is 0.856. The van der Waals surface area contributed by atoms with Gasteiger partial charge in [0.25, 0.3) is 0 Å². The maximum Gasteiger partial charge on any atom is 0.224 e. The van der Waals surface area contributed by atoms with E-state index >= 15 is 0 Å². The lowest BCUT2D eigenvalue weighted by Crippen LogP contribution is -2.21. The van der Waals surface area contributed by atoms with Crippen LogP contribution in [-0.4, -0.2) is 11.9 Å². The number of benzene rings is 1. The van der Waals surface area contributed by atoms with Crippen molar-refractivity contribution in [2.75, 3.05) is 10.6 Å². The van der Waals surface area contributed by atoms with Crippen molar-refractivity contribution in [3.8, 4) is 0 Å². The molecule has 0 saturated carbocycles. The molecule has 1 aromatic carbocycles. The summed E-state index contributed by atoms with van der Waals surface area (Å²) in [4.78, 5) is 11.4. The molecule has 20 heavy (non-hydrogen) atoms. The number of fused-ring (bicyclic) bond motifs is 1. The van der Waals surface area contributed by atoms with E-state index in [1.807, 2.05) is 0 Å². The van der Waals surface area contributed by atoms with E-state index in [0.29, 0.717) is 24.4 Å². The summed E-state index contributed by atoms with van der Waals surface area (Å²) in [6.45, 7) is 6.42. The molecule has 0 spiro atoms. The number of carbonyl (C=O) groups is 1. The highest BCUT2D eigenvalue weighted by Crippen LogP contribution is 2.29. The topological polar surface area (TPSA) is 41.1 Å². The van der Waals surface area contributed by atoms with Crippen LogP contribution in [0.2, 0.25) is 0 Å². The number of anilines is 2. The normalized spacial score (nSPS) is 15.8. The molecule has 0 bridgehead atoms. The second-order valence-electron chi connectivity index (χ2n) is 6.05. The predicted molar refractivity (Wildman–Crippen MR) is 80.5 cm³/mol. The second kappa shape index (κ2) is 6.25. The fourth-order valence-corrected chi connectivity index (χ4v) is 2.43. The van der Waals surface area contributed by atoms with Gasteiger partial charge in [0.1, 0.15) is 5.82 Å². The molecule has 1 unspecified atom stereocenters. The highest BCUT2D eigenvalue weighted by Gasteiger charge is 2.18. The van der Waals surface area contributed by atoms with Crippen LogP contribution in [0.5, 0.6) is 0 Å². The van der Waals surface area contributed by atoms with E-state index < -0.39 is 0 Å². The van der Waals surface area contributed by atoms with Gasteiger partial charge in [0.15, 0.2) is 0 Å². The summed E-state index contributed by atoms with van der Waals surface area (Å²) < 4.78 is 14.1. The minimum absolute atomic E-state index is 0.00270. The fraction of sp³-hybridized carbons (Fsp3) is 0.562. The zero-order valence-electron chi connectivity index (χ0n) is 12.4. The molecule has 1 amide bonds. The van der Waals surface area contributed by atoms with Gasteiger partial charge in [-0.05, 0) is 49.8 Å². The van der Waals surface area contributed by atoms with E-state index in [1.165, 1.54) is 6.07 Å². The Labute approximate surface area is 120 Å². The fourth-order valence-electron chi connectivity index (χ4n) is 2.43. The molecular weight excluding hydrogens is 255 g/mol. The predicted octanol–water partition coefficient (Wildman–Crippen LogP) is 3.95. The molecule has 0 radical (unpaired) electrons. The van der Waals surface area contributed by atoms with Crippen LogP contribution in [0.4, 0.5) is 15.8 Å². The molecule has 1 aliphatic heterocycles. The van der Waals surface area contributed by atoms with Crippen LogP contribution >= 0.6 is 0 Å². The first-order valence-electron chi connectivity index (χ1n) is 7.34. The summed E-state index contributed by atoms with van der Waals surface area (Å²) in [5.74, 6) is 0.408. The second-order valence-corrected chi connectivity index (χ2v) is 6.05. The molecule has 2 N–H and O–H groups in total. The molecule has 4 heteroatoms. The molecule has 1 atom stereocenters. The largest absolute Gasteiger partial charge is 0.380 e. The maximum absolute atomic E-state index is 14.1. The van der Waals surface area contributed by atoms with E-state index in [-0.39, 0.29) is 17.8 Å². The molecule has 0 aromatic heterocycles.